The average molecular weight is 375 g/mol. The van der Waals surface area contributed by atoms with Crippen molar-refractivity contribution in [1.29, 1.82) is 0 Å². The van der Waals surface area contributed by atoms with Crippen molar-refractivity contribution >= 4 is 0 Å². The minimum Gasteiger partial charge on any atom is -0.490 e. The Kier molecular flexibility index (Phi) is 6.01. The van der Waals surface area contributed by atoms with E-state index < -0.39 is 0 Å². The maximum atomic E-state index is 13.6. The van der Waals surface area contributed by atoms with Crippen molar-refractivity contribution in [2.45, 2.75) is 31.4 Å². The molecule has 1 aromatic carbocycles. The molecule has 146 valence electrons. The smallest absolute Gasteiger partial charge is 0.165 e. The topological polar surface area (TPSA) is 59.6 Å². The lowest BCUT2D eigenvalue weighted by atomic mass is 10.0. The van der Waals surface area contributed by atoms with Crippen LogP contribution in [0.5, 0.6) is 5.75 Å². The summed E-state index contributed by atoms with van der Waals surface area (Å²) in [6.45, 7) is 4.64. The van der Waals surface area contributed by atoms with Crippen LogP contribution in [0.25, 0.3) is 0 Å². The summed E-state index contributed by atoms with van der Waals surface area (Å²) in [5, 5.41) is 7.49. The Hall–Kier alpha value is -1.96. The van der Waals surface area contributed by atoms with Gasteiger partial charge in [0, 0.05) is 44.5 Å². The van der Waals surface area contributed by atoms with Crippen LogP contribution in [0.3, 0.4) is 0 Å². The Labute approximate surface area is 158 Å². The first-order valence-electron chi connectivity index (χ1n) is 9.64. The number of halogens is 1. The molecule has 2 fully saturated rings. The standard InChI is InChI=1S/C20H26FN3O3/c21-17-3-1-2-4-19(17)26-11-5-15-13-18(23-22-15)20-14-24(8-12-27-20)16-6-9-25-10-7-16/h1-4,13,16,20H,5-12,14H2,(H,22,23)/t20-/m0/s1. The molecule has 0 saturated carbocycles. The summed E-state index contributed by atoms with van der Waals surface area (Å²) < 4.78 is 30.5. The molecule has 0 bridgehead atoms. The second-order valence-corrected chi connectivity index (χ2v) is 7.04. The Morgan fingerprint density at radius 1 is 1.22 bits per heavy atom. The molecule has 6 nitrogen and oxygen atoms in total. The van der Waals surface area contributed by atoms with Crippen LogP contribution in [-0.4, -0.2) is 60.7 Å². The van der Waals surface area contributed by atoms with Crippen LogP contribution in [0.2, 0.25) is 0 Å². The normalized spacial score (nSPS) is 22.0. The van der Waals surface area contributed by atoms with Gasteiger partial charge in [-0.25, -0.2) is 4.39 Å². The fraction of sp³-hybridized carbons (Fsp3) is 0.550. The minimum absolute atomic E-state index is 0.0147. The lowest BCUT2D eigenvalue weighted by molar-refractivity contribution is -0.0647. The number of aromatic nitrogens is 2. The van der Waals surface area contributed by atoms with E-state index in [9.17, 15) is 4.39 Å². The van der Waals surface area contributed by atoms with Gasteiger partial charge < -0.3 is 14.2 Å². The summed E-state index contributed by atoms with van der Waals surface area (Å²) in [5.74, 6) is -0.0634. The van der Waals surface area contributed by atoms with E-state index in [1.165, 1.54) is 6.07 Å². The number of para-hydroxylation sites is 1. The van der Waals surface area contributed by atoms with Crippen molar-refractivity contribution in [2.75, 3.05) is 39.5 Å². The second-order valence-electron chi connectivity index (χ2n) is 7.04. The molecule has 4 rings (SSSR count). The molecule has 2 aromatic rings. The van der Waals surface area contributed by atoms with Crippen LogP contribution in [0.15, 0.2) is 30.3 Å². The Morgan fingerprint density at radius 3 is 2.93 bits per heavy atom. The van der Waals surface area contributed by atoms with Crippen LogP contribution >= 0.6 is 0 Å². The lowest BCUT2D eigenvalue weighted by Crippen LogP contribution is -2.46. The monoisotopic (exact) mass is 375 g/mol. The fourth-order valence-electron chi connectivity index (χ4n) is 3.74. The van der Waals surface area contributed by atoms with Crippen molar-refractivity contribution in [2.24, 2.45) is 0 Å². The third-order valence-electron chi connectivity index (χ3n) is 5.25. The molecule has 7 heteroatoms. The van der Waals surface area contributed by atoms with Gasteiger partial charge in [-0.1, -0.05) is 12.1 Å². The van der Waals surface area contributed by atoms with Crippen molar-refractivity contribution in [3.05, 3.63) is 47.5 Å². The first-order chi connectivity index (χ1) is 13.3. The van der Waals surface area contributed by atoms with Gasteiger partial charge in [0.25, 0.3) is 0 Å². The summed E-state index contributed by atoms with van der Waals surface area (Å²) in [6.07, 6.45) is 2.80. The van der Waals surface area contributed by atoms with Gasteiger partial charge in [-0.15, -0.1) is 0 Å². The molecule has 1 atom stereocenters. The average Bonchev–Trinajstić information content (AvgIpc) is 3.19. The number of aromatic amines is 1. The molecule has 1 aromatic heterocycles. The summed E-state index contributed by atoms with van der Waals surface area (Å²) in [6, 6.07) is 9.05. The molecule has 1 N–H and O–H groups in total. The maximum absolute atomic E-state index is 13.6. The molecule has 2 saturated heterocycles. The summed E-state index contributed by atoms with van der Waals surface area (Å²) in [4.78, 5) is 2.51. The van der Waals surface area contributed by atoms with Gasteiger partial charge in [-0.05, 0) is 31.0 Å². The first kappa shape index (κ1) is 18.4. The fourth-order valence-corrected chi connectivity index (χ4v) is 3.74. The van der Waals surface area contributed by atoms with Crippen LogP contribution in [0.4, 0.5) is 4.39 Å². The van der Waals surface area contributed by atoms with Gasteiger partial charge in [-0.2, -0.15) is 5.10 Å². The number of nitrogens with one attached hydrogen (secondary N) is 1. The Balaban J connectivity index is 1.30. The number of H-pyrrole nitrogens is 1. The van der Waals surface area contributed by atoms with Gasteiger partial charge in [0.2, 0.25) is 0 Å². The number of ether oxygens (including phenoxy) is 3. The Bertz CT molecular complexity index is 733. The van der Waals surface area contributed by atoms with Gasteiger partial charge in [0.15, 0.2) is 11.6 Å². The van der Waals surface area contributed by atoms with E-state index >= 15 is 0 Å². The van der Waals surface area contributed by atoms with E-state index in [0.717, 1.165) is 57.1 Å². The lowest BCUT2D eigenvalue weighted by Gasteiger charge is -2.39. The zero-order valence-electron chi connectivity index (χ0n) is 15.4. The molecular weight excluding hydrogens is 349 g/mol. The zero-order chi connectivity index (χ0) is 18.5. The Morgan fingerprint density at radius 2 is 2.07 bits per heavy atom. The van der Waals surface area contributed by atoms with E-state index in [0.29, 0.717) is 19.1 Å². The summed E-state index contributed by atoms with van der Waals surface area (Å²) in [7, 11) is 0. The molecule has 3 heterocycles. The van der Waals surface area contributed by atoms with Crippen LogP contribution in [0, 0.1) is 5.82 Å². The maximum Gasteiger partial charge on any atom is 0.165 e. The summed E-state index contributed by atoms with van der Waals surface area (Å²) >= 11 is 0. The molecule has 0 amide bonds. The highest BCUT2D eigenvalue weighted by atomic mass is 19.1. The van der Waals surface area contributed by atoms with E-state index in [2.05, 4.69) is 15.1 Å². The highest BCUT2D eigenvalue weighted by Gasteiger charge is 2.29. The van der Waals surface area contributed by atoms with Gasteiger partial charge in [0.05, 0.1) is 18.9 Å². The van der Waals surface area contributed by atoms with E-state index in [-0.39, 0.29) is 17.7 Å². The van der Waals surface area contributed by atoms with Gasteiger partial charge >= 0.3 is 0 Å². The van der Waals surface area contributed by atoms with E-state index in [1.54, 1.807) is 18.2 Å². The largest absolute Gasteiger partial charge is 0.490 e. The molecule has 2 aliphatic heterocycles. The van der Waals surface area contributed by atoms with Crippen molar-refractivity contribution < 1.29 is 18.6 Å². The molecule has 0 radical (unpaired) electrons. The second kappa shape index (κ2) is 8.82. The summed E-state index contributed by atoms with van der Waals surface area (Å²) in [5.41, 5.74) is 1.89. The molecule has 0 aliphatic carbocycles. The van der Waals surface area contributed by atoms with Crippen LogP contribution in [0.1, 0.15) is 30.3 Å². The SMILES string of the molecule is Fc1ccccc1OCCc1cc([C@@H]2CN(C3CCOCC3)CCO2)n[nH]1. The number of nitrogens with zero attached hydrogens (tertiary/aromatic N) is 2. The van der Waals surface area contributed by atoms with Crippen LogP contribution in [-0.2, 0) is 15.9 Å². The number of benzene rings is 1. The highest BCUT2D eigenvalue weighted by molar-refractivity contribution is 5.23. The van der Waals surface area contributed by atoms with Crippen molar-refractivity contribution in [1.82, 2.24) is 15.1 Å². The van der Waals surface area contributed by atoms with E-state index in [4.69, 9.17) is 14.2 Å². The molecule has 2 aliphatic rings. The number of rotatable bonds is 6. The number of hydrogen-bond donors (Lipinski definition) is 1. The first-order valence-corrected chi connectivity index (χ1v) is 9.64. The van der Waals surface area contributed by atoms with Gasteiger partial charge in [0.1, 0.15) is 6.10 Å². The third kappa shape index (κ3) is 4.66. The van der Waals surface area contributed by atoms with Crippen molar-refractivity contribution in [3.8, 4) is 5.75 Å². The molecule has 0 spiro atoms. The third-order valence-corrected chi connectivity index (χ3v) is 5.25. The molecular formula is C20H26FN3O3. The molecule has 27 heavy (non-hydrogen) atoms. The number of hydrogen-bond acceptors (Lipinski definition) is 5. The highest BCUT2D eigenvalue weighted by Crippen LogP contribution is 2.25. The molecule has 0 unspecified atom stereocenters. The predicted molar refractivity (Wildman–Crippen MR) is 98.3 cm³/mol. The minimum atomic E-state index is -0.341. The zero-order valence-corrected chi connectivity index (χ0v) is 15.4. The van der Waals surface area contributed by atoms with Crippen molar-refractivity contribution in [3.63, 3.8) is 0 Å². The predicted octanol–water partition coefficient (Wildman–Crippen LogP) is 2.72. The van der Waals surface area contributed by atoms with Crippen LogP contribution < -0.4 is 4.74 Å². The van der Waals surface area contributed by atoms with Gasteiger partial charge in [-0.3, -0.25) is 10.00 Å². The van der Waals surface area contributed by atoms with E-state index in [1.807, 2.05) is 6.07 Å². The quantitative estimate of drug-likeness (QED) is 0.841. The number of morpholine rings is 1.